The second kappa shape index (κ2) is 6.79. The van der Waals surface area contributed by atoms with Crippen LogP contribution in [0.1, 0.15) is 39.0 Å². The Labute approximate surface area is 138 Å². The van der Waals surface area contributed by atoms with Crippen LogP contribution in [0.4, 0.5) is 5.69 Å². The molecule has 5 nitrogen and oxygen atoms in total. The average Bonchev–Trinajstić information content (AvgIpc) is 2.93. The molecule has 0 amide bonds. The van der Waals surface area contributed by atoms with Gasteiger partial charge in [0.25, 0.3) is 0 Å². The van der Waals surface area contributed by atoms with Gasteiger partial charge in [-0.15, -0.1) is 0 Å². The monoisotopic (exact) mass is 338 g/mol. The fourth-order valence-corrected chi connectivity index (χ4v) is 5.07. The molecule has 0 bridgehead atoms. The smallest absolute Gasteiger partial charge is 0.243 e. The van der Waals surface area contributed by atoms with Gasteiger partial charge in [0, 0.05) is 24.8 Å². The Morgan fingerprint density at radius 3 is 2.57 bits per heavy atom. The molecular formula is C17H26N2O3S. The van der Waals surface area contributed by atoms with Crippen LogP contribution in [0.15, 0.2) is 29.2 Å². The van der Waals surface area contributed by atoms with Crippen LogP contribution in [-0.2, 0) is 10.0 Å². The zero-order chi connectivity index (χ0) is 16.4. The van der Waals surface area contributed by atoms with Crippen molar-refractivity contribution in [3.05, 3.63) is 24.3 Å². The number of nitrogens with zero attached hydrogens (tertiary/aromatic N) is 1. The number of sulfonamides is 1. The number of aliphatic hydroxyl groups excluding tert-OH is 1. The Bertz CT molecular complexity index is 639. The van der Waals surface area contributed by atoms with E-state index < -0.39 is 10.0 Å². The first-order chi connectivity index (χ1) is 10.9. The van der Waals surface area contributed by atoms with Gasteiger partial charge in [-0.1, -0.05) is 13.0 Å². The molecular weight excluding hydrogens is 312 g/mol. The van der Waals surface area contributed by atoms with E-state index in [1.54, 1.807) is 18.2 Å². The van der Waals surface area contributed by atoms with Crippen LogP contribution in [0.2, 0.25) is 0 Å². The Morgan fingerprint density at radius 2 is 1.91 bits per heavy atom. The lowest BCUT2D eigenvalue weighted by atomic mass is 10.1. The SMILES string of the molecule is C[C@H]1CC[C@@H](Nc2cccc(S(=O)(=O)N3CCC(O)CC3)c2)C1. The van der Waals surface area contributed by atoms with E-state index in [0.29, 0.717) is 36.9 Å². The molecule has 2 atom stereocenters. The summed E-state index contributed by atoms with van der Waals surface area (Å²) in [7, 11) is -3.47. The molecule has 0 aromatic heterocycles. The lowest BCUT2D eigenvalue weighted by Crippen LogP contribution is -2.40. The molecule has 0 radical (unpaired) electrons. The second-order valence-electron chi connectivity index (χ2n) is 6.92. The lowest BCUT2D eigenvalue weighted by Gasteiger charge is -2.29. The summed E-state index contributed by atoms with van der Waals surface area (Å²) in [4.78, 5) is 0.338. The van der Waals surface area contributed by atoms with E-state index in [-0.39, 0.29) is 6.10 Å². The highest BCUT2D eigenvalue weighted by Gasteiger charge is 2.29. The second-order valence-corrected chi connectivity index (χ2v) is 8.86. The number of hydrogen-bond donors (Lipinski definition) is 2. The summed E-state index contributed by atoms with van der Waals surface area (Å²) in [6, 6.07) is 7.56. The van der Waals surface area contributed by atoms with Crippen molar-refractivity contribution < 1.29 is 13.5 Å². The van der Waals surface area contributed by atoms with Crippen molar-refractivity contribution in [2.24, 2.45) is 5.92 Å². The van der Waals surface area contributed by atoms with Crippen LogP contribution in [0, 0.1) is 5.92 Å². The number of nitrogens with one attached hydrogen (secondary N) is 1. The van der Waals surface area contributed by atoms with Crippen molar-refractivity contribution in [1.82, 2.24) is 4.31 Å². The van der Waals surface area contributed by atoms with E-state index in [2.05, 4.69) is 12.2 Å². The third-order valence-corrected chi connectivity index (χ3v) is 6.86. The zero-order valence-electron chi connectivity index (χ0n) is 13.6. The van der Waals surface area contributed by atoms with Crippen LogP contribution in [0.25, 0.3) is 0 Å². The third-order valence-electron chi connectivity index (χ3n) is 4.96. The van der Waals surface area contributed by atoms with Crippen molar-refractivity contribution in [2.75, 3.05) is 18.4 Å². The summed E-state index contributed by atoms with van der Waals surface area (Å²) < 4.78 is 27.0. The summed E-state index contributed by atoms with van der Waals surface area (Å²) >= 11 is 0. The Kier molecular flexibility index (Phi) is 4.94. The van der Waals surface area contributed by atoms with Gasteiger partial charge in [-0.25, -0.2) is 8.42 Å². The van der Waals surface area contributed by atoms with E-state index >= 15 is 0 Å². The zero-order valence-corrected chi connectivity index (χ0v) is 14.4. The third kappa shape index (κ3) is 3.87. The van der Waals surface area contributed by atoms with Gasteiger partial charge >= 0.3 is 0 Å². The maximum atomic E-state index is 12.8. The number of rotatable bonds is 4. The fraction of sp³-hybridized carbons (Fsp3) is 0.647. The number of piperidine rings is 1. The van der Waals surface area contributed by atoms with Gasteiger partial charge in [0.2, 0.25) is 10.0 Å². The molecule has 6 heteroatoms. The van der Waals surface area contributed by atoms with Gasteiger partial charge in [0.15, 0.2) is 0 Å². The van der Waals surface area contributed by atoms with E-state index in [1.807, 2.05) is 6.07 Å². The quantitative estimate of drug-likeness (QED) is 0.885. The molecule has 1 aliphatic heterocycles. The van der Waals surface area contributed by atoms with Crippen molar-refractivity contribution >= 4 is 15.7 Å². The molecule has 2 N–H and O–H groups in total. The predicted molar refractivity (Wildman–Crippen MR) is 90.9 cm³/mol. The molecule has 0 unspecified atom stereocenters. The molecule has 128 valence electrons. The summed E-state index contributed by atoms with van der Waals surface area (Å²) in [5.74, 6) is 0.735. The van der Waals surface area contributed by atoms with Crippen LogP contribution < -0.4 is 5.32 Å². The van der Waals surface area contributed by atoms with Crippen molar-refractivity contribution in [2.45, 2.75) is 56.1 Å². The first-order valence-corrected chi connectivity index (χ1v) is 9.94. The van der Waals surface area contributed by atoms with Gasteiger partial charge in [0.05, 0.1) is 11.0 Å². The van der Waals surface area contributed by atoms with E-state index in [4.69, 9.17) is 0 Å². The van der Waals surface area contributed by atoms with Gasteiger partial charge in [-0.05, 0) is 56.2 Å². The highest BCUT2D eigenvalue weighted by Crippen LogP contribution is 2.29. The molecule has 2 fully saturated rings. The van der Waals surface area contributed by atoms with Crippen molar-refractivity contribution in [3.8, 4) is 0 Å². The van der Waals surface area contributed by atoms with Gasteiger partial charge in [0.1, 0.15) is 0 Å². The summed E-state index contributed by atoms with van der Waals surface area (Å²) in [5, 5.41) is 13.0. The van der Waals surface area contributed by atoms with E-state index in [9.17, 15) is 13.5 Å². The Morgan fingerprint density at radius 1 is 1.17 bits per heavy atom. The number of hydrogen-bond acceptors (Lipinski definition) is 4. The number of benzene rings is 1. The largest absolute Gasteiger partial charge is 0.393 e. The van der Waals surface area contributed by atoms with Crippen LogP contribution in [0.5, 0.6) is 0 Å². The minimum atomic E-state index is -3.47. The molecule has 2 aliphatic rings. The standard InChI is InChI=1S/C17H26N2O3S/c1-13-5-6-15(11-13)18-14-3-2-4-17(12-14)23(21,22)19-9-7-16(20)8-10-19/h2-4,12-13,15-16,18,20H,5-11H2,1H3/t13-,15+/m0/s1. The molecule has 1 saturated carbocycles. The molecule has 3 rings (SSSR count). The highest BCUT2D eigenvalue weighted by atomic mass is 32.2. The minimum absolute atomic E-state index is 0.338. The van der Waals surface area contributed by atoms with Crippen LogP contribution >= 0.6 is 0 Å². The summed E-state index contributed by atoms with van der Waals surface area (Å²) in [6.45, 7) is 3.04. The Balaban J connectivity index is 1.73. The first-order valence-electron chi connectivity index (χ1n) is 8.50. The van der Waals surface area contributed by atoms with Gasteiger partial charge < -0.3 is 10.4 Å². The van der Waals surface area contributed by atoms with Crippen molar-refractivity contribution in [3.63, 3.8) is 0 Å². The molecule has 23 heavy (non-hydrogen) atoms. The van der Waals surface area contributed by atoms with Gasteiger partial charge in [-0.2, -0.15) is 4.31 Å². The molecule has 1 aromatic rings. The maximum absolute atomic E-state index is 12.8. The molecule has 1 saturated heterocycles. The molecule has 1 heterocycles. The summed E-state index contributed by atoms with van der Waals surface area (Å²) in [6.07, 6.45) is 4.15. The molecule has 1 aliphatic carbocycles. The number of aliphatic hydroxyl groups is 1. The molecule has 1 aromatic carbocycles. The average molecular weight is 338 g/mol. The maximum Gasteiger partial charge on any atom is 0.243 e. The van der Waals surface area contributed by atoms with Crippen molar-refractivity contribution in [1.29, 1.82) is 0 Å². The normalized spacial score (nSPS) is 27.2. The first kappa shape index (κ1) is 16.7. The number of anilines is 1. The lowest BCUT2D eigenvalue weighted by molar-refractivity contribution is 0.113. The topological polar surface area (TPSA) is 69.6 Å². The summed E-state index contributed by atoms with van der Waals surface area (Å²) in [5.41, 5.74) is 0.877. The van der Waals surface area contributed by atoms with Gasteiger partial charge in [-0.3, -0.25) is 0 Å². The fourth-order valence-electron chi connectivity index (χ4n) is 3.55. The van der Waals surface area contributed by atoms with Crippen LogP contribution in [-0.4, -0.2) is 43.1 Å². The minimum Gasteiger partial charge on any atom is -0.393 e. The molecule has 0 spiro atoms. The van der Waals surface area contributed by atoms with E-state index in [1.165, 1.54) is 10.7 Å². The predicted octanol–water partition coefficient (Wildman–Crippen LogP) is 2.43. The van der Waals surface area contributed by atoms with E-state index in [0.717, 1.165) is 24.4 Å². The Hall–Kier alpha value is -1.11. The highest BCUT2D eigenvalue weighted by molar-refractivity contribution is 7.89. The van der Waals surface area contributed by atoms with Crippen LogP contribution in [0.3, 0.4) is 0 Å².